The van der Waals surface area contributed by atoms with E-state index in [1.807, 2.05) is 0 Å². The van der Waals surface area contributed by atoms with E-state index < -0.39 is 0 Å². The number of hydrogen-bond donors (Lipinski definition) is 1. The van der Waals surface area contributed by atoms with Crippen LogP contribution in [0.3, 0.4) is 0 Å². The maximum atomic E-state index is 11.8. The Hall–Kier alpha value is -1.30. The molecule has 1 aliphatic heterocycles. The lowest BCUT2D eigenvalue weighted by Gasteiger charge is -2.14. The molecule has 2 N–H and O–H groups in total. The number of carbonyl (C=O) groups excluding carboxylic acids is 1. The number of thioether (sulfide) groups is 1. The number of hydrogen-bond acceptors (Lipinski definition) is 5. The summed E-state index contributed by atoms with van der Waals surface area (Å²) in [4.78, 5) is 21.1. The van der Waals surface area contributed by atoms with Gasteiger partial charge in [-0.05, 0) is 0 Å². The number of nitrogens with two attached hydrogens (primary N) is 1. The van der Waals surface area contributed by atoms with E-state index in [9.17, 15) is 4.79 Å². The summed E-state index contributed by atoms with van der Waals surface area (Å²) >= 11 is 1.73. The molecule has 6 heteroatoms. The van der Waals surface area contributed by atoms with Crippen LogP contribution < -0.4 is 5.73 Å². The number of nitrogen functional groups attached to an aromatic ring is 1. The molecule has 0 atom stereocenters. The van der Waals surface area contributed by atoms with Gasteiger partial charge < -0.3 is 10.6 Å². The standard InChI is InChI=1S/C8H10N4OS/c9-7-6(3-10-4-11-7)8(13)12-1-2-14-5-12/h3-4H,1-2,5H2,(H2,9,10,11). The quantitative estimate of drug-likeness (QED) is 0.717. The summed E-state index contributed by atoms with van der Waals surface area (Å²) in [7, 11) is 0. The fourth-order valence-corrected chi connectivity index (χ4v) is 2.19. The fourth-order valence-electron chi connectivity index (χ4n) is 1.25. The SMILES string of the molecule is Nc1ncncc1C(=O)N1CCSC1. The molecule has 0 aliphatic carbocycles. The zero-order chi connectivity index (χ0) is 9.97. The molecule has 74 valence electrons. The van der Waals surface area contributed by atoms with Gasteiger partial charge in [-0.1, -0.05) is 0 Å². The smallest absolute Gasteiger partial charge is 0.259 e. The third-order valence-corrected chi connectivity index (χ3v) is 2.98. The van der Waals surface area contributed by atoms with E-state index in [1.165, 1.54) is 12.5 Å². The Balaban J connectivity index is 2.22. The first-order valence-electron chi connectivity index (χ1n) is 4.21. The molecule has 0 radical (unpaired) electrons. The largest absolute Gasteiger partial charge is 0.383 e. The average Bonchev–Trinajstić information content (AvgIpc) is 2.70. The number of rotatable bonds is 1. The van der Waals surface area contributed by atoms with Crippen molar-refractivity contribution in [2.24, 2.45) is 0 Å². The number of carbonyl (C=O) groups is 1. The zero-order valence-electron chi connectivity index (χ0n) is 7.51. The first kappa shape index (κ1) is 9.26. The van der Waals surface area contributed by atoms with Crippen molar-refractivity contribution in [2.75, 3.05) is 23.9 Å². The van der Waals surface area contributed by atoms with Crippen molar-refractivity contribution in [1.82, 2.24) is 14.9 Å². The summed E-state index contributed by atoms with van der Waals surface area (Å²) in [5.74, 6) is 1.89. The highest BCUT2D eigenvalue weighted by Crippen LogP contribution is 2.17. The molecule has 2 heterocycles. The fraction of sp³-hybridized carbons (Fsp3) is 0.375. The molecule has 1 aliphatic rings. The molecule has 2 rings (SSSR count). The van der Waals surface area contributed by atoms with Crippen LogP contribution in [0.2, 0.25) is 0 Å². The molecule has 1 saturated heterocycles. The second-order valence-electron chi connectivity index (χ2n) is 2.93. The number of anilines is 1. The molecular weight excluding hydrogens is 200 g/mol. The van der Waals surface area contributed by atoms with Crippen LogP contribution in [0.1, 0.15) is 10.4 Å². The molecular formula is C8H10N4OS. The van der Waals surface area contributed by atoms with E-state index in [-0.39, 0.29) is 11.7 Å². The van der Waals surface area contributed by atoms with E-state index in [2.05, 4.69) is 9.97 Å². The summed E-state index contributed by atoms with van der Waals surface area (Å²) in [5, 5.41) is 0. The molecule has 1 amide bonds. The topological polar surface area (TPSA) is 72.1 Å². The minimum atomic E-state index is -0.0758. The molecule has 14 heavy (non-hydrogen) atoms. The Morgan fingerprint density at radius 3 is 3.14 bits per heavy atom. The minimum Gasteiger partial charge on any atom is -0.383 e. The van der Waals surface area contributed by atoms with Crippen LogP contribution in [0.5, 0.6) is 0 Å². The molecule has 1 fully saturated rings. The lowest BCUT2D eigenvalue weighted by Crippen LogP contribution is -2.28. The van der Waals surface area contributed by atoms with Gasteiger partial charge in [0.2, 0.25) is 0 Å². The molecule has 0 aromatic carbocycles. The summed E-state index contributed by atoms with van der Waals surface area (Å²) in [6.45, 7) is 0.776. The summed E-state index contributed by atoms with van der Waals surface area (Å²) in [5.41, 5.74) is 5.98. The minimum absolute atomic E-state index is 0.0758. The highest BCUT2D eigenvalue weighted by Gasteiger charge is 2.21. The third kappa shape index (κ3) is 1.65. The van der Waals surface area contributed by atoms with Crippen molar-refractivity contribution in [3.63, 3.8) is 0 Å². The van der Waals surface area contributed by atoms with Crippen LogP contribution in [0.4, 0.5) is 5.82 Å². The summed E-state index contributed by atoms with van der Waals surface area (Å²) in [6, 6.07) is 0. The van der Waals surface area contributed by atoms with Crippen molar-refractivity contribution in [1.29, 1.82) is 0 Å². The molecule has 5 nitrogen and oxygen atoms in total. The second kappa shape index (κ2) is 3.83. The van der Waals surface area contributed by atoms with Gasteiger partial charge in [-0.25, -0.2) is 9.97 Å². The summed E-state index contributed by atoms with van der Waals surface area (Å²) < 4.78 is 0. The van der Waals surface area contributed by atoms with Crippen molar-refractivity contribution in [2.45, 2.75) is 0 Å². The number of nitrogens with zero attached hydrogens (tertiary/aromatic N) is 3. The second-order valence-corrected chi connectivity index (χ2v) is 4.00. The van der Waals surface area contributed by atoms with Gasteiger partial charge in [-0.3, -0.25) is 4.79 Å². The van der Waals surface area contributed by atoms with Crippen LogP contribution >= 0.6 is 11.8 Å². The molecule has 1 aromatic rings. The lowest BCUT2D eigenvalue weighted by molar-refractivity contribution is 0.0803. The van der Waals surface area contributed by atoms with Gasteiger partial charge in [0.1, 0.15) is 17.7 Å². The normalized spacial score (nSPS) is 15.9. The van der Waals surface area contributed by atoms with Crippen LogP contribution in [-0.2, 0) is 0 Å². The van der Waals surface area contributed by atoms with Gasteiger partial charge in [0.25, 0.3) is 5.91 Å². The third-order valence-electron chi connectivity index (χ3n) is 2.01. The van der Waals surface area contributed by atoms with E-state index in [1.54, 1.807) is 16.7 Å². The van der Waals surface area contributed by atoms with Crippen LogP contribution in [-0.4, -0.2) is 38.9 Å². The van der Waals surface area contributed by atoms with Gasteiger partial charge in [-0.2, -0.15) is 0 Å². The van der Waals surface area contributed by atoms with Crippen LogP contribution in [0.25, 0.3) is 0 Å². The van der Waals surface area contributed by atoms with Crippen molar-refractivity contribution < 1.29 is 4.79 Å². The van der Waals surface area contributed by atoms with Gasteiger partial charge in [0.15, 0.2) is 0 Å². The summed E-state index contributed by atoms with van der Waals surface area (Å²) in [6.07, 6.45) is 2.80. The predicted molar refractivity (Wildman–Crippen MR) is 54.8 cm³/mol. The number of aromatic nitrogens is 2. The van der Waals surface area contributed by atoms with Crippen molar-refractivity contribution in [3.05, 3.63) is 18.1 Å². The maximum absolute atomic E-state index is 11.8. The Morgan fingerprint density at radius 1 is 1.64 bits per heavy atom. The first-order valence-corrected chi connectivity index (χ1v) is 5.37. The number of amides is 1. The van der Waals surface area contributed by atoms with Gasteiger partial charge in [0.05, 0.1) is 5.88 Å². The molecule has 1 aromatic heterocycles. The molecule has 0 unspecified atom stereocenters. The van der Waals surface area contributed by atoms with E-state index in [4.69, 9.17) is 5.73 Å². The highest BCUT2D eigenvalue weighted by molar-refractivity contribution is 7.99. The Kier molecular flexibility index (Phi) is 2.53. The highest BCUT2D eigenvalue weighted by atomic mass is 32.2. The Bertz CT molecular complexity index is 351. The van der Waals surface area contributed by atoms with E-state index in [0.29, 0.717) is 5.56 Å². The van der Waals surface area contributed by atoms with Gasteiger partial charge in [-0.15, -0.1) is 11.8 Å². The zero-order valence-corrected chi connectivity index (χ0v) is 8.33. The van der Waals surface area contributed by atoms with Crippen molar-refractivity contribution >= 4 is 23.5 Å². The van der Waals surface area contributed by atoms with E-state index >= 15 is 0 Å². The predicted octanol–water partition coefficient (Wildman–Crippen LogP) is 0.205. The van der Waals surface area contributed by atoms with Gasteiger partial charge in [0, 0.05) is 18.5 Å². The molecule has 0 spiro atoms. The van der Waals surface area contributed by atoms with Gasteiger partial charge >= 0.3 is 0 Å². The monoisotopic (exact) mass is 210 g/mol. The molecule has 0 saturated carbocycles. The Morgan fingerprint density at radius 2 is 2.50 bits per heavy atom. The van der Waals surface area contributed by atoms with Crippen LogP contribution in [0.15, 0.2) is 12.5 Å². The van der Waals surface area contributed by atoms with Crippen LogP contribution in [0, 0.1) is 0 Å². The van der Waals surface area contributed by atoms with E-state index in [0.717, 1.165) is 18.2 Å². The Labute approximate surface area is 85.7 Å². The maximum Gasteiger partial charge on any atom is 0.259 e. The van der Waals surface area contributed by atoms with Crippen molar-refractivity contribution in [3.8, 4) is 0 Å². The lowest BCUT2D eigenvalue weighted by atomic mass is 10.3. The average molecular weight is 210 g/mol. The molecule has 0 bridgehead atoms. The first-order chi connectivity index (χ1) is 6.79.